The number of non-ortho nitro benzene ring substituents is 1. The van der Waals surface area contributed by atoms with E-state index in [0.29, 0.717) is 150 Å². The number of nitrogens with one attached hydrogen (secondary N) is 5. The number of carbonyl (C=O) groups is 4. The third-order valence-electron chi connectivity index (χ3n) is 16.6. The molecule has 13 heterocycles. The summed E-state index contributed by atoms with van der Waals surface area (Å²) in [4.78, 5) is 95.9. The fourth-order valence-electron chi connectivity index (χ4n) is 11.0. The second-order valence-electron chi connectivity index (χ2n) is 26.5. The summed E-state index contributed by atoms with van der Waals surface area (Å²) in [6, 6.07) is 20.2. The Bertz CT molecular complexity index is 6330. The van der Waals surface area contributed by atoms with Gasteiger partial charge in [-0.25, -0.2) is 19.9 Å². The number of benzene rings is 3. The molecule has 1 aliphatic rings. The quantitative estimate of drug-likeness (QED) is 0.00886. The molecular weight excluding hydrogens is 1710 g/mol. The molecule has 0 fully saturated rings. The number of hydrogen-bond acceptors (Lipinski definition) is 39. The zero-order valence-electron chi connectivity index (χ0n) is 65.4. The smallest absolute Gasteiger partial charge is 0.319 e. The second-order valence-corrected chi connectivity index (χ2v) is 33.7. The highest BCUT2D eigenvalue weighted by molar-refractivity contribution is 8.00. The predicted octanol–water partition coefficient (Wildman–Crippen LogP) is 17.6. The Morgan fingerprint density at radius 2 is 1.17 bits per heavy atom. The molecule has 42 nitrogen and oxygen atoms in total. The molecule has 119 heavy (non-hydrogen) atoms. The summed E-state index contributed by atoms with van der Waals surface area (Å²) >= 11 is 16.7. The van der Waals surface area contributed by atoms with Crippen LogP contribution in [-0.4, -0.2) is 187 Å². The van der Waals surface area contributed by atoms with Gasteiger partial charge >= 0.3 is 5.97 Å². The molecule has 0 radical (unpaired) electrons. The van der Waals surface area contributed by atoms with Crippen LogP contribution in [0.1, 0.15) is 137 Å². The van der Waals surface area contributed by atoms with Crippen molar-refractivity contribution in [2.24, 2.45) is 40.9 Å². The summed E-state index contributed by atoms with van der Waals surface area (Å²) in [5.74, 6) is 2.14. The van der Waals surface area contributed by atoms with Crippen molar-refractivity contribution < 1.29 is 28.8 Å². The summed E-state index contributed by atoms with van der Waals surface area (Å²) in [6.07, 6.45) is 4.42. The van der Waals surface area contributed by atoms with Crippen molar-refractivity contribution in [3.05, 3.63) is 128 Å². The van der Waals surface area contributed by atoms with Gasteiger partial charge in [-0.2, -0.15) is 51.3 Å². The predicted molar refractivity (Wildman–Crippen MR) is 452 cm³/mol. The van der Waals surface area contributed by atoms with Crippen molar-refractivity contribution in [3.8, 4) is 22.6 Å². The number of ether oxygens (including phenoxy) is 1. The zero-order chi connectivity index (χ0) is 84.5. The Morgan fingerprint density at radius 1 is 0.622 bits per heavy atom. The van der Waals surface area contributed by atoms with Gasteiger partial charge in [0.1, 0.15) is 16.9 Å². The number of imide groups is 1. The number of carbonyl (C=O) groups excluding carboxylic acids is 4. The molecule has 0 saturated heterocycles. The molecule has 15 aromatic rings. The topological polar surface area (TPSA) is 522 Å². The molecule has 16 rings (SSSR count). The van der Waals surface area contributed by atoms with E-state index in [1.165, 1.54) is 91.8 Å². The number of thioether (sulfide) groups is 4. The number of aromatic amines is 4. The minimum atomic E-state index is -0.465. The molecule has 0 saturated carbocycles. The fourth-order valence-corrected chi connectivity index (χ4v) is 16.0. The number of nitro benzene ring substituents is 1. The number of hydrogen-bond donors (Lipinski definition) is 5. The largest absolute Gasteiger partial charge is 0.465 e. The van der Waals surface area contributed by atoms with Crippen molar-refractivity contribution in [1.29, 1.82) is 0 Å². The number of aromatic nitrogens is 24. The molecule has 12 aromatic heterocycles. The average molecular weight is 1780 g/mol. The van der Waals surface area contributed by atoms with Crippen molar-refractivity contribution in [2.45, 2.75) is 133 Å². The Labute approximate surface area is 712 Å². The third-order valence-corrected chi connectivity index (χ3v) is 22.8. The first kappa shape index (κ1) is 85.1. The van der Waals surface area contributed by atoms with Crippen LogP contribution in [0, 0.1) is 24.0 Å². The van der Waals surface area contributed by atoms with E-state index in [0.717, 1.165) is 57.6 Å². The van der Waals surface area contributed by atoms with E-state index in [4.69, 9.17) is 21.3 Å². The summed E-state index contributed by atoms with van der Waals surface area (Å²) in [5.41, 5.74) is 7.84. The van der Waals surface area contributed by atoms with E-state index in [2.05, 4.69) is 160 Å². The maximum atomic E-state index is 12.8. The standard InChI is InChI=1S/C22H23N9O2S2.C20H14ClN9O2S2.C14H18N8O2S2.C12H15N9OS2/c1-11(10-30-18(32)12-8-6-7-9-13(12)19(30)33)16-23-17-14(15(22(2,3)4)27-31(17)28-16)25-26-20-24-21(34-5)29-35-20;1-2-33-20-23-19(34-28-20)25-24-16-15(13-8-3-4-9-14(13)21)26-29-18(16)22-17(27-29)11-6-5-7-12(10-11)30(31)32;1-5-9(12(23)24-6-2)25-14-16-13(26-21-14)18-17-10-7(3)19-22-11(10)15-8(4)20-22;1-5(2)8-14-10-7(9(13-6(3)22)19-21(10)18-8)16-17-11-15-12(23-4)20-24-11/h6-9,11,27H,10H2,1-5H3;3-10,26H,2H2,1H3;9,19H,5-6H2,1-4H3;5H,1-4H3,(H,14,18)(H,13,19,22). The minimum absolute atomic E-state index is 0.0512. The number of H-pyrrole nitrogens is 4. The highest BCUT2D eigenvalue weighted by Gasteiger charge is 2.37. The van der Waals surface area contributed by atoms with Crippen LogP contribution < -0.4 is 5.32 Å². The number of nitrogens with zero attached hydrogens (tertiary/aromatic N) is 30. The summed E-state index contributed by atoms with van der Waals surface area (Å²) in [5, 5.41) is 82.1. The number of aryl methyl sites for hydroxylation is 2. The number of anilines is 1. The first-order chi connectivity index (χ1) is 57.2. The van der Waals surface area contributed by atoms with E-state index in [9.17, 15) is 29.3 Å². The maximum Gasteiger partial charge on any atom is 0.319 e. The van der Waals surface area contributed by atoms with Gasteiger partial charge in [-0.05, 0) is 63.7 Å². The Morgan fingerprint density at radius 3 is 1.76 bits per heavy atom. The minimum Gasteiger partial charge on any atom is -0.465 e. The molecule has 1 aliphatic heterocycles. The van der Waals surface area contributed by atoms with Gasteiger partial charge in [-0.15, -0.1) is 65.9 Å². The molecular formula is C68H70ClN35O7S8. The molecule has 0 bridgehead atoms. The first-order valence-corrected chi connectivity index (χ1v) is 43.6. The highest BCUT2D eigenvalue weighted by atomic mass is 35.5. The number of fused-ring (bicyclic) bond motifs is 5. The van der Waals surface area contributed by atoms with Crippen molar-refractivity contribution in [2.75, 3.05) is 36.7 Å². The van der Waals surface area contributed by atoms with Crippen LogP contribution in [-0.2, 0) is 19.7 Å². The number of amides is 3. The molecule has 3 amide bonds. The SMILES string of the molecule is CCOC(=O)C(CC)Sc1nsc(N=Nc2c(C)[nH]n3nc(C)nc23)n1.CCSc1nsc(N=Nc2c(-c3ccccc3Cl)[nH]n3nc(-c4cccc([N+](=O)[O-])c4)nc23)n1.CSc1nsc(N=Nc2c(C(C)(C)C)[nH]n3nc(C(C)CN4C(=O)c5ccccc5C4=O)nc23)n1.CSc1nsc(N=Nc2c(NC(C)=O)nn3[nH]c(C(C)C)nc23)n1. The number of azo groups is 4. The summed E-state index contributed by atoms with van der Waals surface area (Å²) in [6.45, 7) is 23.4. The van der Waals surface area contributed by atoms with Crippen LogP contribution in [0.2, 0.25) is 5.02 Å². The molecule has 0 aliphatic carbocycles. The monoisotopic (exact) mass is 1780 g/mol. The molecule has 2 unspecified atom stereocenters. The zero-order valence-corrected chi connectivity index (χ0v) is 72.7. The van der Waals surface area contributed by atoms with Crippen LogP contribution in [0.3, 0.4) is 0 Å². The fraction of sp³-hybridized carbons (Fsp3) is 0.324. The van der Waals surface area contributed by atoms with Crippen LogP contribution in [0.15, 0.2) is 134 Å². The van der Waals surface area contributed by atoms with Gasteiger partial charge in [0, 0.05) is 100 Å². The molecule has 614 valence electrons. The van der Waals surface area contributed by atoms with Crippen LogP contribution in [0.25, 0.3) is 45.2 Å². The van der Waals surface area contributed by atoms with Gasteiger partial charge in [0.2, 0.25) is 69.6 Å². The maximum absolute atomic E-state index is 12.8. The average Bonchev–Trinajstić information content (AvgIpc) is 1.62. The summed E-state index contributed by atoms with van der Waals surface area (Å²) in [7, 11) is 0. The van der Waals surface area contributed by atoms with E-state index in [-0.39, 0.29) is 64.2 Å². The second kappa shape index (κ2) is 37.4. The molecule has 0 spiro atoms. The first-order valence-electron chi connectivity index (χ1n) is 35.9. The summed E-state index contributed by atoms with van der Waals surface area (Å²) < 4.78 is 27.9. The van der Waals surface area contributed by atoms with Gasteiger partial charge in [0.25, 0.3) is 17.5 Å². The van der Waals surface area contributed by atoms with Gasteiger partial charge in [0.15, 0.2) is 40.2 Å². The van der Waals surface area contributed by atoms with E-state index in [1.807, 2.05) is 72.3 Å². The van der Waals surface area contributed by atoms with E-state index < -0.39 is 4.92 Å². The van der Waals surface area contributed by atoms with Gasteiger partial charge in [-0.1, -0.05) is 157 Å². The van der Waals surface area contributed by atoms with E-state index >= 15 is 0 Å². The molecule has 2 atom stereocenters. The van der Waals surface area contributed by atoms with Crippen molar-refractivity contribution in [1.82, 2.24) is 122 Å². The lowest BCUT2D eigenvalue weighted by molar-refractivity contribution is -0.384. The number of nitro groups is 1. The van der Waals surface area contributed by atoms with Crippen LogP contribution >= 0.6 is 105 Å². The van der Waals surface area contributed by atoms with Gasteiger partial charge < -0.3 is 10.1 Å². The van der Waals surface area contributed by atoms with Crippen LogP contribution in [0.5, 0.6) is 0 Å². The number of rotatable bonds is 25. The van der Waals surface area contributed by atoms with Gasteiger partial charge in [0.05, 0.1) is 44.8 Å². The van der Waals surface area contributed by atoms with Gasteiger partial charge in [-0.3, -0.25) is 54.6 Å². The number of esters is 1. The Hall–Kier alpha value is -11.8. The molecule has 5 N–H and O–H groups in total. The normalized spacial score (nSPS) is 13.0. The molecule has 3 aromatic carbocycles. The lowest BCUT2D eigenvalue weighted by Gasteiger charge is -2.17. The number of halogens is 1. The molecule has 51 heteroatoms. The Balaban J connectivity index is 0.000000139. The lowest BCUT2D eigenvalue weighted by Crippen LogP contribution is -2.33. The van der Waals surface area contributed by atoms with Crippen LogP contribution in [0.4, 0.5) is 54.8 Å². The third kappa shape index (κ3) is 19.7. The highest BCUT2D eigenvalue weighted by Crippen LogP contribution is 2.41. The van der Waals surface area contributed by atoms with Crippen molar-refractivity contribution in [3.63, 3.8) is 0 Å². The van der Waals surface area contributed by atoms with Crippen molar-refractivity contribution >= 4 is 206 Å². The lowest BCUT2D eigenvalue weighted by atomic mass is 9.91. The van der Waals surface area contributed by atoms with E-state index in [1.54, 1.807) is 65.6 Å². The Kier molecular flexibility index (Phi) is 26.8.